The summed E-state index contributed by atoms with van der Waals surface area (Å²) < 4.78 is 5.44. The summed E-state index contributed by atoms with van der Waals surface area (Å²) in [5.74, 6) is 0.193. The molecule has 0 spiro atoms. The fourth-order valence-corrected chi connectivity index (χ4v) is 3.91. The lowest BCUT2D eigenvalue weighted by Crippen LogP contribution is -2.33. The van der Waals surface area contributed by atoms with E-state index in [-0.39, 0.29) is 17.2 Å². The van der Waals surface area contributed by atoms with Gasteiger partial charge in [0.2, 0.25) is 0 Å². The van der Waals surface area contributed by atoms with Gasteiger partial charge in [-0.3, -0.25) is 14.9 Å². The second kappa shape index (κ2) is 11.3. The van der Waals surface area contributed by atoms with E-state index >= 15 is 0 Å². The molecule has 0 aliphatic heterocycles. The molecule has 0 aromatic heterocycles. The van der Waals surface area contributed by atoms with Crippen LogP contribution in [0.25, 0.3) is 0 Å². The van der Waals surface area contributed by atoms with E-state index in [0.29, 0.717) is 23.0 Å². The van der Waals surface area contributed by atoms with Crippen LogP contribution in [0.2, 0.25) is 0 Å². The van der Waals surface area contributed by atoms with Gasteiger partial charge in [-0.05, 0) is 43.0 Å². The fourth-order valence-electron chi connectivity index (χ4n) is 3.91. The Morgan fingerprint density at radius 2 is 1.94 bits per heavy atom. The molecule has 3 rings (SSSR count). The molecule has 1 saturated carbocycles. The summed E-state index contributed by atoms with van der Waals surface area (Å²) in [5.41, 5.74) is 4.75. The first-order valence-electron chi connectivity index (χ1n) is 11.0. The highest BCUT2D eigenvalue weighted by molar-refractivity contribution is 5.85. The number of nitrogens with one attached hydrogen (secondary N) is 1. The molecule has 1 aliphatic rings. The maximum Gasteiger partial charge on any atom is 0.293 e. The molecule has 0 saturated heterocycles. The molecule has 170 valence electrons. The molecule has 0 atom stereocenters. The third-order valence-electron chi connectivity index (χ3n) is 5.80. The fraction of sp³-hybridized carbons (Fsp3) is 0.417. The number of nitro groups is 1. The number of amides is 1. The van der Waals surface area contributed by atoms with Crippen LogP contribution in [0.5, 0.6) is 5.75 Å². The van der Waals surface area contributed by atoms with E-state index in [1.807, 2.05) is 36.2 Å². The highest BCUT2D eigenvalue weighted by Gasteiger charge is 2.24. The highest BCUT2D eigenvalue weighted by Crippen LogP contribution is 2.33. The van der Waals surface area contributed by atoms with Crippen molar-refractivity contribution in [3.05, 3.63) is 63.7 Å². The molecular weight excluding hydrogens is 408 g/mol. The van der Waals surface area contributed by atoms with Crippen molar-refractivity contribution in [2.45, 2.75) is 51.5 Å². The van der Waals surface area contributed by atoms with Crippen LogP contribution in [0.3, 0.4) is 0 Å². The summed E-state index contributed by atoms with van der Waals surface area (Å²) in [6, 6.07) is 12.9. The lowest BCUT2D eigenvalue weighted by atomic mass is 9.94. The van der Waals surface area contributed by atoms with Crippen molar-refractivity contribution in [1.82, 2.24) is 5.43 Å². The smallest absolute Gasteiger partial charge is 0.293 e. The Morgan fingerprint density at radius 1 is 1.22 bits per heavy atom. The Bertz CT molecular complexity index is 953. The van der Waals surface area contributed by atoms with Crippen LogP contribution in [0.15, 0.2) is 47.6 Å². The summed E-state index contributed by atoms with van der Waals surface area (Å²) in [7, 11) is 1.92. The van der Waals surface area contributed by atoms with Crippen molar-refractivity contribution in [1.29, 1.82) is 0 Å². The minimum absolute atomic E-state index is 0.0345. The molecule has 8 nitrogen and oxygen atoms in total. The van der Waals surface area contributed by atoms with Crippen LogP contribution in [-0.4, -0.2) is 36.7 Å². The Labute approximate surface area is 188 Å². The van der Waals surface area contributed by atoms with Crippen LogP contribution in [-0.2, 0) is 11.2 Å². The number of nitro benzene ring substituents is 1. The number of rotatable bonds is 9. The summed E-state index contributed by atoms with van der Waals surface area (Å²) in [6.07, 6.45) is 7.96. The molecule has 1 fully saturated rings. The quantitative estimate of drug-likeness (QED) is 0.354. The molecule has 0 radical (unpaired) electrons. The lowest BCUT2D eigenvalue weighted by Gasteiger charge is -2.32. The zero-order valence-electron chi connectivity index (χ0n) is 18.6. The van der Waals surface area contributed by atoms with Crippen molar-refractivity contribution < 1.29 is 14.5 Å². The maximum atomic E-state index is 12.0. The van der Waals surface area contributed by atoms with Crippen molar-refractivity contribution in [2.75, 3.05) is 18.6 Å². The molecule has 0 bridgehead atoms. The molecule has 1 amide bonds. The van der Waals surface area contributed by atoms with Crippen molar-refractivity contribution in [3.63, 3.8) is 0 Å². The van der Waals surface area contributed by atoms with Gasteiger partial charge in [-0.25, -0.2) is 5.43 Å². The van der Waals surface area contributed by atoms with E-state index in [9.17, 15) is 14.9 Å². The average molecular weight is 439 g/mol. The van der Waals surface area contributed by atoms with Crippen molar-refractivity contribution in [2.24, 2.45) is 5.10 Å². The van der Waals surface area contributed by atoms with Gasteiger partial charge in [-0.15, -0.1) is 0 Å². The van der Waals surface area contributed by atoms with E-state index < -0.39 is 5.91 Å². The lowest BCUT2D eigenvalue weighted by molar-refractivity contribution is -0.384. The molecule has 1 aliphatic carbocycles. The molecule has 2 aromatic carbocycles. The zero-order valence-corrected chi connectivity index (χ0v) is 18.6. The summed E-state index contributed by atoms with van der Waals surface area (Å²) >= 11 is 0. The maximum absolute atomic E-state index is 12.0. The normalized spacial score (nSPS) is 14.3. The van der Waals surface area contributed by atoms with Crippen molar-refractivity contribution in [3.8, 4) is 5.75 Å². The van der Waals surface area contributed by atoms with Crippen molar-refractivity contribution >= 4 is 23.5 Å². The van der Waals surface area contributed by atoms with Gasteiger partial charge in [0.25, 0.3) is 11.6 Å². The van der Waals surface area contributed by atoms with Gasteiger partial charge in [-0.2, -0.15) is 5.10 Å². The summed E-state index contributed by atoms with van der Waals surface area (Å²) in [6.45, 7) is 1.90. The van der Waals surface area contributed by atoms with Gasteiger partial charge in [0.15, 0.2) is 6.61 Å². The van der Waals surface area contributed by atoms with Gasteiger partial charge in [-0.1, -0.05) is 44.4 Å². The van der Waals surface area contributed by atoms with Gasteiger partial charge in [0, 0.05) is 24.7 Å². The number of hydrogen-bond acceptors (Lipinski definition) is 6. The van der Waals surface area contributed by atoms with E-state index in [1.54, 1.807) is 12.1 Å². The van der Waals surface area contributed by atoms with Crippen LogP contribution in [0.4, 0.5) is 11.4 Å². The van der Waals surface area contributed by atoms with E-state index in [4.69, 9.17) is 4.74 Å². The van der Waals surface area contributed by atoms with Crippen LogP contribution in [0.1, 0.15) is 50.2 Å². The minimum atomic E-state index is -0.413. The molecule has 8 heteroatoms. The van der Waals surface area contributed by atoms with E-state index in [1.165, 1.54) is 24.3 Å². The third kappa shape index (κ3) is 6.29. The van der Waals surface area contributed by atoms with E-state index in [0.717, 1.165) is 32.1 Å². The molecule has 0 unspecified atom stereocenters. The SMILES string of the molecule is CCc1ccc(OCC(=O)NN=Cc2ccc(N(C)C3CCCCC3)c([N+](=O)[O-])c2)cc1. The standard InChI is InChI=1S/C24H30N4O4/c1-3-18-9-12-21(13-10-18)32-17-24(29)26-25-16-19-11-14-22(23(15-19)28(30)31)27(2)20-7-5-4-6-8-20/h9-16,20H,3-8,17H2,1-2H3,(H,26,29). The van der Waals surface area contributed by atoms with Crippen LogP contribution in [0, 0.1) is 10.1 Å². The number of anilines is 1. The first kappa shape index (κ1) is 23.2. The number of hydrogen-bond donors (Lipinski definition) is 1. The Hall–Kier alpha value is -3.42. The van der Waals surface area contributed by atoms with Crippen LogP contribution >= 0.6 is 0 Å². The van der Waals surface area contributed by atoms with Gasteiger partial charge >= 0.3 is 0 Å². The number of benzene rings is 2. The highest BCUT2D eigenvalue weighted by atomic mass is 16.6. The number of aryl methyl sites for hydroxylation is 1. The monoisotopic (exact) mass is 438 g/mol. The second-order valence-electron chi connectivity index (χ2n) is 7.99. The Kier molecular flexibility index (Phi) is 8.19. The topological polar surface area (TPSA) is 97.1 Å². The summed E-state index contributed by atoms with van der Waals surface area (Å²) in [4.78, 5) is 25.3. The number of hydrazone groups is 1. The predicted molar refractivity (Wildman–Crippen MR) is 125 cm³/mol. The number of carbonyl (C=O) groups excluding carboxylic acids is 1. The van der Waals surface area contributed by atoms with Gasteiger partial charge in [0.05, 0.1) is 11.1 Å². The average Bonchev–Trinajstić information content (AvgIpc) is 2.83. The molecule has 32 heavy (non-hydrogen) atoms. The minimum Gasteiger partial charge on any atom is -0.484 e. The predicted octanol–water partition coefficient (Wildman–Crippen LogP) is 4.46. The number of nitrogens with zero attached hydrogens (tertiary/aromatic N) is 3. The second-order valence-corrected chi connectivity index (χ2v) is 7.99. The molecule has 0 heterocycles. The van der Waals surface area contributed by atoms with E-state index in [2.05, 4.69) is 17.5 Å². The largest absolute Gasteiger partial charge is 0.484 e. The third-order valence-corrected chi connectivity index (χ3v) is 5.80. The Morgan fingerprint density at radius 3 is 2.59 bits per heavy atom. The zero-order chi connectivity index (χ0) is 22.9. The molecule has 1 N–H and O–H groups in total. The molecular formula is C24H30N4O4. The summed E-state index contributed by atoms with van der Waals surface area (Å²) in [5, 5.41) is 15.6. The molecule has 2 aromatic rings. The van der Waals surface area contributed by atoms with Crippen LogP contribution < -0.4 is 15.1 Å². The van der Waals surface area contributed by atoms with Gasteiger partial charge < -0.3 is 9.64 Å². The Balaban J connectivity index is 1.57. The first-order chi connectivity index (χ1) is 15.5. The number of carbonyl (C=O) groups is 1. The van der Waals surface area contributed by atoms with Gasteiger partial charge in [0.1, 0.15) is 11.4 Å². The first-order valence-corrected chi connectivity index (χ1v) is 11.0. The number of ether oxygens (including phenoxy) is 1.